The Kier molecular flexibility index (Phi) is 5.36. The van der Waals surface area contributed by atoms with Gasteiger partial charge in [-0.25, -0.2) is 0 Å². The second-order valence-corrected chi connectivity index (χ2v) is 4.97. The van der Waals surface area contributed by atoms with Crippen LogP contribution in [0.2, 0.25) is 0 Å². The van der Waals surface area contributed by atoms with Gasteiger partial charge in [0.1, 0.15) is 5.78 Å². The maximum Gasteiger partial charge on any atom is 0.135 e. The zero-order valence-electron chi connectivity index (χ0n) is 11.9. The fourth-order valence-electron chi connectivity index (χ4n) is 2.28. The van der Waals surface area contributed by atoms with Gasteiger partial charge in [0.15, 0.2) is 0 Å². The molecule has 0 bridgehead atoms. The molecule has 0 radical (unpaired) electrons. The highest BCUT2D eigenvalue weighted by atomic mass is 16.1. The van der Waals surface area contributed by atoms with Gasteiger partial charge in [0, 0.05) is 18.5 Å². The minimum absolute atomic E-state index is 0.0395. The Morgan fingerprint density at radius 3 is 2.20 bits per heavy atom. The van der Waals surface area contributed by atoms with Crippen LogP contribution in [0.4, 0.5) is 5.69 Å². The fraction of sp³-hybridized carbons (Fsp3) is 0.278. The Labute approximate surface area is 120 Å². The van der Waals surface area contributed by atoms with Gasteiger partial charge in [-0.15, -0.1) is 0 Å². The SMILES string of the molecule is CCCC(=O)CC(Nc1ccccc1)c1ccccc1. The van der Waals surface area contributed by atoms with Gasteiger partial charge < -0.3 is 5.32 Å². The lowest BCUT2D eigenvalue weighted by atomic mass is 9.99. The molecule has 0 aliphatic heterocycles. The predicted octanol–water partition coefficient (Wildman–Crippen LogP) is 4.60. The third kappa shape index (κ3) is 4.23. The molecule has 2 nitrogen and oxygen atoms in total. The molecule has 2 aromatic rings. The average Bonchev–Trinajstić information content (AvgIpc) is 2.49. The summed E-state index contributed by atoms with van der Waals surface area (Å²) >= 11 is 0. The number of benzene rings is 2. The van der Waals surface area contributed by atoms with E-state index in [-0.39, 0.29) is 6.04 Å². The molecule has 2 aromatic carbocycles. The van der Waals surface area contributed by atoms with Crippen molar-refractivity contribution in [1.29, 1.82) is 0 Å². The molecule has 0 aliphatic rings. The van der Waals surface area contributed by atoms with Crippen molar-refractivity contribution >= 4 is 11.5 Å². The van der Waals surface area contributed by atoms with Crippen LogP contribution in [-0.4, -0.2) is 5.78 Å². The first-order chi connectivity index (χ1) is 9.79. The Morgan fingerprint density at radius 1 is 1.00 bits per heavy atom. The fourth-order valence-corrected chi connectivity index (χ4v) is 2.28. The smallest absolute Gasteiger partial charge is 0.135 e. The quantitative estimate of drug-likeness (QED) is 0.794. The van der Waals surface area contributed by atoms with Crippen molar-refractivity contribution in [3.05, 3.63) is 66.2 Å². The summed E-state index contributed by atoms with van der Waals surface area (Å²) in [5.41, 5.74) is 2.20. The summed E-state index contributed by atoms with van der Waals surface area (Å²) < 4.78 is 0. The second kappa shape index (κ2) is 7.49. The van der Waals surface area contributed by atoms with E-state index in [1.807, 2.05) is 55.5 Å². The number of para-hydroxylation sites is 1. The maximum absolute atomic E-state index is 12.0. The average molecular weight is 267 g/mol. The summed E-state index contributed by atoms with van der Waals surface area (Å²) in [7, 11) is 0. The Bertz CT molecular complexity index is 522. The number of nitrogens with one attached hydrogen (secondary N) is 1. The number of rotatable bonds is 7. The molecule has 0 amide bonds. The van der Waals surface area contributed by atoms with Crippen molar-refractivity contribution < 1.29 is 4.79 Å². The Morgan fingerprint density at radius 2 is 1.60 bits per heavy atom. The molecule has 104 valence electrons. The van der Waals surface area contributed by atoms with Gasteiger partial charge in [0.2, 0.25) is 0 Å². The van der Waals surface area contributed by atoms with E-state index >= 15 is 0 Å². The molecular weight excluding hydrogens is 246 g/mol. The molecule has 1 N–H and O–H groups in total. The summed E-state index contributed by atoms with van der Waals surface area (Å²) in [5, 5.41) is 3.46. The molecule has 0 fully saturated rings. The minimum atomic E-state index is 0.0395. The van der Waals surface area contributed by atoms with Gasteiger partial charge in [0.05, 0.1) is 6.04 Å². The standard InChI is InChI=1S/C18H21NO/c1-2-9-17(20)14-18(15-10-5-3-6-11-15)19-16-12-7-4-8-13-16/h3-8,10-13,18-19H,2,9,14H2,1H3. The monoisotopic (exact) mass is 267 g/mol. The minimum Gasteiger partial charge on any atom is -0.378 e. The summed E-state index contributed by atoms with van der Waals surface area (Å²) in [6, 6.07) is 20.2. The van der Waals surface area contributed by atoms with Crippen LogP contribution in [0.3, 0.4) is 0 Å². The molecule has 0 saturated heterocycles. The lowest BCUT2D eigenvalue weighted by Crippen LogP contribution is -2.15. The van der Waals surface area contributed by atoms with Crippen molar-refractivity contribution in [1.82, 2.24) is 0 Å². The second-order valence-electron chi connectivity index (χ2n) is 4.97. The van der Waals surface area contributed by atoms with Crippen molar-refractivity contribution in [2.75, 3.05) is 5.32 Å². The first-order valence-electron chi connectivity index (χ1n) is 7.18. The van der Waals surface area contributed by atoms with Crippen LogP contribution in [0.15, 0.2) is 60.7 Å². The number of anilines is 1. The molecular formula is C18H21NO. The highest BCUT2D eigenvalue weighted by Gasteiger charge is 2.15. The summed E-state index contributed by atoms with van der Waals surface area (Å²) in [6.45, 7) is 2.04. The summed E-state index contributed by atoms with van der Waals surface area (Å²) in [4.78, 5) is 12.0. The van der Waals surface area contributed by atoms with Crippen LogP contribution in [-0.2, 0) is 4.79 Å². The van der Waals surface area contributed by atoms with Crippen LogP contribution in [0.5, 0.6) is 0 Å². The largest absolute Gasteiger partial charge is 0.378 e. The van der Waals surface area contributed by atoms with E-state index in [2.05, 4.69) is 17.4 Å². The highest BCUT2D eigenvalue weighted by Crippen LogP contribution is 2.23. The molecule has 1 unspecified atom stereocenters. The van der Waals surface area contributed by atoms with Crippen molar-refractivity contribution in [3.8, 4) is 0 Å². The Hall–Kier alpha value is -2.09. The number of hydrogen-bond donors (Lipinski definition) is 1. The lowest BCUT2D eigenvalue weighted by molar-refractivity contribution is -0.119. The van der Waals surface area contributed by atoms with Crippen LogP contribution < -0.4 is 5.32 Å². The molecule has 2 rings (SSSR count). The third-order valence-corrected chi connectivity index (χ3v) is 3.28. The van der Waals surface area contributed by atoms with Gasteiger partial charge in [0.25, 0.3) is 0 Å². The van der Waals surface area contributed by atoms with Crippen molar-refractivity contribution in [2.45, 2.75) is 32.2 Å². The lowest BCUT2D eigenvalue weighted by Gasteiger charge is -2.20. The number of carbonyl (C=O) groups excluding carboxylic acids is 1. The highest BCUT2D eigenvalue weighted by molar-refractivity contribution is 5.79. The predicted molar refractivity (Wildman–Crippen MR) is 83.8 cm³/mol. The first kappa shape index (κ1) is 14.3. The van der Waals surface area contributed by atoms with E-state index in [9.17, 15) is 4.79 Å². The van der Waals surface area contributed by atoms with E-state index < -0.39 is 0 Å². The number of ketones is 1. The van der Waals surface area contributed by atoms with Gasteiger partial charge in [-0.3, -0.25) is 4.79 Å². The topological polar surface area (TPSA) is 29.1 Å². The number of hydrogen-bond acceptors (Lipinski definition) is 2. The van der Waals surface area contributed by atoms with E-state index in [1.54, 1.807) is 0 Å². The van der Waals surface area contributed by atoms with E-state index in [0.717, 1.165) is 17.7 Å². The van der Waals surface area contributed by atoms with Crippen LogP contribution in [0.25, 0.3) is 0 Å². The molecule has 0 saturated carbocycles. The van der Waals surface area contributed by atoms with Gasteiger partial charge in [-0.1, -0.05) is 55.5 Å². The zero-order valence-corrected chi connectivity index (χ0v) is 11.9. The van der Waals surface area contributed by atoms with Crippen LogP contribution in [0.1, 0.15) is 37.8 Å². The molecule has 0 spiro atoms. The molecule has 20 heavy (non-hydrogen) atoms. The van der Waals surface area contributed by atoms with Gasteiger partial charge in [-0.05, 0) is 24.1 Å². The summed E-state index contributed by atoms with van der Waals surface area (Å²) in [5.74, 6) is 0.310. The van der Waals surface area contributed by atoms with Crippen molar-refractivity contribution in [3.63, 3.8) is 0 Å². The molecule has 2 heteroatoms. The summed E-state index contributed by atoms with van der Waals surface area (Å²) in [6.07, 6.45) is 2.10. The first-order valence-corrected chi connectivity index (χ1v) is 7.18. The Balaban J connectivity index is 2.14. The van der Waals surface area contributed by atoms with Gasteiger partial charge in [-0.2, -0.15) is 0 Å². The number of carbonyl (C=O) groups is 1. The molecule has 1 atom stereocenters. The molecule has 0 heterocycles. The maximum atomic E-state index is 12.0. The zero-order chi connectivity index (χ0) is 14.2. The normalized spacial score (nSPS) is 11.8. The third-order valence-electron chi connectivity index (χ3n) is 3.28. The van der Waals surface area contributed by atoms with Gasteiger partial charge >= 0.3 is 0 Å². The van der Waals surface area contributed by atoms with Crippen LogP contribution in [0, 0.1) is 0 Å². The van der Waals surface area contributed by atoms with E-state index in [0.29, 0.717) is 18.6 Å². The van der Waals surface area contributed by atoms with Crippen LogP contribution >= 0.6 is 0 Å². The number of Topliss-reactive ketones (excluding diaryl/α,β-unsaturated/α-hetero) is 1. The van der Waals surface area contributed by atoms with E-state index in [1.165, 1.54) is 0 Å². The van der Waals surface area contributed by atoms with Crippen molar-refractivity contribution in [2.24, 2.45) is 0 Å². The molecule has 0 aliphatic carbocycles. The van der Waals surface area contributed by atoms with E-state index in [4.69, 9.17) is 0 Å². The molecule has 0 aromatic heterocycles.